The van der Waals surface area contributed by atoms with Crippen LogP contribution in [0.15, 0.2) is 41.2 Å². The van der Waals surface area contributed by atoms with E-state index >= 15 is 0 Å². The zero-order valence-electron chi connectivity index (χ0n) is 19.6. The molecular weight excluding hydrogens is 456 g/mol. The van der Waals surface area contributed by atoms with Crippen LogP contribution in [0.25, 0.3) is 10.9 Å². The first-order valence-electron chi connectivity index (χ1n) is 11.3. The molecule has 4 rings (SSSR count). The van der Waals surface area contributed by atoms with Crippen molar-refractivity contribution in [3.63, 3.8) is 0 Å². The van der Waals surface area contributed by atoms with E-state index in [9.17, 15) is 23.4 Å². The molecule has 8 nitrogen and oxygen atoms in total. The molecule has 0 fully saturated rings. The Morgan fingerprint density at radius 1 is 1.06 bits per heavy atom. The number of phenolic OH excluding ortho intramolecular Hbond substituents is 1. The van der Waals surface area contributed by atoms with Gasteiger partial charge >= 0.3 is 0 Å². The van der Waals surface area contributed by atoms with Crippen LogP contribution in [-0.4, -0.2) is 47.0 Å². The molecule has 2 aromatic carbocycles. The topological polar surface area (TPSA) is 140 Å². The van der Waals surface area contributed by atoms with E-state index in [4.69, 9.17) is 4.55 Å². The Labute approximate surface area is 199 Å². The number of benzene rings is 2. The number of nitrogens with one attached hydrogen (secondary N) is 2. The first-order valence-corrected chi connectivity index (χ1v) is 13.2. The van der Waals surface area contributed by atoms with Gasteiger partial charge in [-0.05, 0) is 65.6 Å². The number of aryl methyl sites for hydroxylation is 2. The van der Waals surface area contributed by atoms with E-state index in [1.807, 2.05) is 0 Å². The number of H-pyrrole nitrogens is 1. The second kappa shape index (κ2) is 10.7. The van der Waals surface area contributed by atoms with Gasteiger partial charge in [0.25, 0.3) is 10.1 Å². The fourth-order valence-electron chi connectivity index (χ4n) is 4.51. The maximum Gasteiger partial charge on any atom is 0.261 e. The summed E-state index contributed by atoms with van der Waals surface area (Å²) in [7, 11) is -3.67. The largest absolute Gasteiger partial charge is 0.506 e. The number of aliphatic hydroxyl groups is 1. The SMILES string of the molecule is CCc1cc2c(cc1CC)CC(NCC(O)c1ccc(O)c3[nH]c(=O)ccc13)C2.CS(=O)(=O)O. The molecular formula is C25H32N2O6S. The van der Waals surface area contributed by atoms with Crippen LogP contribution in [0.4, 0.5) is 0 Å². The van der Waals surface area contributed by atoms with Crippen molar-refractivity contribution in [2.75, 3.05) is 12.8 Å². The summed E-state index contributed by atoms with van der Waals surface area (Å²) in [5, 5.41) is 25.0. The summed E-state index contributed by atoms with van der Waals surface area (Å²) in [4.78, 5) is 14.2. The van der Waals surface area contributed by atoms with E-state index in [2.05, 4.69) is 36.3 Å². The minimum atomic E-state index is -3.67. The van der Waals surface area contributed by atoms with Crippen LogP contribution in [0.5, 0.6) is 5.75 Å². The second-order valence-electron chi connectivity index (χ2n) is 8.64. The molecule has 0 bridgehead atoms. The summed E-state index contributed by atoms with van der Waals surface area (Å²) in [6, 6.07) is 11.3. The highest BCUT2D eigenvalue weighted by atomic mass is 32.2. The highest BCUT2D eigenvalue weighted by Gasteiger charge is 2.24. The fraction of sp³-hybridized carbons (Fsp3) is 0.400. The number of fused-ring (bicyclic) bond motifs is 2. The second-order valence-corrected chi connectivity index (χ2v) is 10.1. The van der Waals surface area contributed by atoms with Gasteiger partial charge in [0, 0.05) is 24.0 Å². The Bertz CT molecular complexity index is 1290. The van der Waals surface area contributed by atoms with Crippen LogP contribution in [0.1, 0.15) is 47.8 Å². The molecule has 1 heterocycles. The van der Waals surface area contributed by atoms with Crippen molar-refractivity contribution in [3.8, 4) is 5.75 Å². The van der Waals surface area contributed by atoms with E-state index in [1.54, 1.807) is 12.1 Å². The van der Waals surface area contributed by atoms with E-state index in [-0.39, 0.29) is 11.3 Å². The molecule has 0 aliphatic heterocycles. The van der Waals surface area contributed by atoms with Gasteiger partial charge in [0.1, 0.15) is 5.75 Å². The van der Waals surface area contributed by atoms with E-state index < -0.39 is 16.2 Å². The average Bonchev–Trinajstić information content (AvgIpc) is 3.17. The third kappa shape index (κ3) is 6.44. The number of aromatic hydroxyl groups is 1. The normalized spacial score (nSPS) is 14.5. The smallest absolute Gasteiger partial charge is 0.261 e. The van der Waals surface area contributed by atoms with Gasteiger partial charge in [0.2, 0.25) is 5.56 Å². The van der Waals surface area contributed by atoms with Gasteiger partial charge in [-0.2, -0.15) is 8.42 Å². The van der Waals surface area contributed by atoms with Crippen LogP contribution in [0.3, 0.4) is 0 Å². The molecule has 34 heavy (non-hydrogen) atoms. The predicted molar refractivity (Wildman–Crippen MR) is 133 cm³/mol. The number of rotatable bonds is 6. The number of aromatic amines is 1. The highest BCUT2D eigenvalue weighted by Crippen LogP contribution is 2.30. The van der Waals surface area contributed by atoms with Crippen molar-refractivity contribution in [2.45, 2.75) is 51.7 Å². The lowest BCUT2D eigenvalue weighted by Gasteiger charge is -2.18. The molecule has 184 valence electrons. The van der Waals surface area contributed by atoms with Crippen molar-refractivity contribution in [1.29, 1.82) is 0 Å². The molecule has 0 radical (unpaired) electrons. The lowest BCUT2D eigenvalue weighted by molar-refractivity contribution is 0.171. The van der Waals surface area contributed by atoms with E-state index in [0.717, 1.165) is 25.7 Å². The summed E-state index contributed by atoms with van der Waals surface area (Å²) in [5.41, 5.74) is 6.49. The summed E-state index contributed by atoms with van der Waals surface area (Å²) < 4.78 is 25.9. The summed E-state index contributed by atoms with van der Waals surface area (Å²) in [5.74, 6) is 0.00584. The van der Waals surface area contributed by atoms with Crippen molar-refractivity contribution < 1.29 is 23.2 Å². The van der Waals surface area contributed by atoms with Gasteiger partial charge in [0.05, 0.1) is 17.9 Å². The minimum absolute atomic E-state index is 0.00584. The maximum atomic E-state index is 11.6. The number of phenols is 1. The average molecular weight is 489 g/mol. The third-order valence-corrected chi connectivity index (χ3v) is 6.08. The molecule has 0 amide bonds. The number of hydrogen-bond acceptors (Lipinski definition) is 6. The monoisotopic (exact) mass is 488 g/mol. The Kier molecular flexibility index (Phi) is 8.14. The Balaban J connectivity index is 0.000000588. The summed E-state index contributed by atoms with van der Waals surface area (Å²) in [6.07, 6.45) is 4.05. The number of aliphatic hydroxyl groups excluding tert-OH is 1. The molecule has 9 heteroatoms. The molecule has 1 atom stereocenters. The number of pyridine rings is 1. The lowest BCUT2D eigenvalue weighted by atomic mass is 9.97. The number of aromatic nitrogens is 1. The van der Waals surface area contributed by atoms with E-state index in [1.165, 1.54) is 34.4 Å². The molecule has 1 aliphatic carbocycles. The summed E-state index contributed by atoms with van der Waals surface area (Å²) >= 11 is 0. The van der Waals surface area contributed by atoms with Crippen LogP contribution in [0.2, 0.25) is 0 Å². The first kappa shape index (κ1) is 25.9. The van der Waals surface area contributed by atoms with Gasteiger partial charge in [-0.3, -0.25) is 9.35 Å². The van der Waals surface area contributed by atoms with Crippen molar-refractivity contribution >= 4 is 21.0 Å². The lowest BCUT2D eigenvalue weighted by Crippen LogP contribution is -2.33. The van der Waals surface area contributed by atoms with Gasteiger partial charge < -0.3 is 20.5 Å². The van der Waals surface area contributed by atoms with Crippen LogP contribution in [-0.2, 0) is 35.8 Å². The molecule has 3 aromatic rings. The molecule has 0 saturated heterocycles. The fourth-order valence-corrected chi connectivity index (χ4v) is 4.51. The number of hydrogen-bond donors (Lipinski definition) is 5. The zero-order valence-corrected chi connectivity index (χ0v) is 20.4. The Morgan fingerprint density at radius 3 is 2.15 bits per heavy atom. The standard InChI is InChI=1S/C24H28N2O3.CH4O3S/c1-3-14-9-16-11-18(12-17(16)10-15(14)4-2)25-13-22(28)19-5-7-21(27)24-20(19)6-8-23(29)26-24;1-5(2,3)4/h5-10,18,22,25,27-28H,3-4,11-13H2,1-2H3,(H,26,29);1H3,(H,2,3,4). The Hall–Kier alpha value is -2.72. The predicted octanol–water partition coefficient (Wildman–Crippen LogP) is 2.65. The zero-order chi connectivity index (χ0) is 25.0. The third-order valence-electron chi connectivity index (χ3n) is 6.08. The first-order chi connectivity index (χ1) is 16.0. The molecule has 0 spiro atoms. The van der Waals surface area contributed by atoms with Crippen molar-refractivity contribution in [3.05, 3.63) is 74.6 Å². The van der Waals surface area contributed by atoms with Crippen LogP contribution >= 0.6 is 0 Å². The van der Waals surface area contributed by atoms with E-state index in [0.29, 0.717) is 35.3 Å². The van der Waals surface area contributed by atoms with Crippen LogP contribution in [0, 0.1) is 0 Å². The molecule has 1 aliphatic rings. The van der Waals surface area contributed by atoms with Gasteiger partial charge in [0.15, 0.2) is 0 Å². The molecule has 0 saturated carbocycles. The van der Waals surface area contributed by atoms with Gasteiger partial charge in [-0.1, -0.05) is 32.0 Å². The van der Waals surface area contributed by atoms with Gasteiger partial charge in [-0.25, -0.2) is 0 Å². The molecule has 1 aromatic heterocycles. The van der Waals surface area contributed by atoms with Gasteiger partial charge in [-0.15, -0.1) is 0 Å². The quantitative estimate of drug-likeness (QED) is 0.336. The summed E-state index contributed by atoms with van der Waals surface area (Å²) in [6.45, 7) is 4.83. The van der Waals surface area contributed by atoms with Crippen molar-refractivity contribution in [1.82, 2.24) is 10.3 Å². The molecule has 1 unspecified atom stereocenters. The molecule has 5 N–H and O–H groups in total. The maximum absolute atomic E-state index is 11.6. The highest BCUT2D eigenvalue weighted by molar-refractivity contribution is 7.85. The minimum Gasteiger partial charge on any atom is -0.506 e. The van der Waals surface area contributed by atoms with Crippen molar-refractivity contribution in [2.24, 2.45) is 0 Å². The van der Waals surface area contributed by atoms with Crippen LogP contribution < -0.4 is 10.9 Å². The Morgan fingerprint density at radius 2 is 1.62 bits per heavy atom.